The van der Waals surface area contributed by atoms with Crippen LogP contribution in [0.25, 0.3) is 0 Å². The minimum atomic E-state index is -0.345. The van der Waals surface area contributed by atoms with Crippen LogP contribution in [0.3, 0.4) is 0 Å². The van der Waals surface area contributed by atoms with Crippen molar-refractivity contribution in [3.8, 4) is 0 Å². The summed E-state index contributed by atoms with van der Waals surface area (Å²) in [6, 6.07) is 5.73. The number of likely N-dealkylation sites (N-methyl/N-ethyl adjacent to an activating group) is 1. The van der Waals surface area contributed by atoms with Gasteiger partial charge in [0.25, 0.3) is 5.91 Å². The molecule has 0 aromatic heterocycles. The third-order valence-electron chi connectivity index (χ3n) is 3.14. The van der Waals surface area contributed by atoms with E-state index in [0.717, 1.165) is 5.70 Å². The minimum absolute atomic E-state index is 0.182. The number of thioether (sulfide) groups is 1. The highest BCUT2D eigenvalue weighted by Crippen LogP contribution is 2.38. The summed E-state index contributed by atoms with van der Waals surface area (Å²) < 4.78 is 13.5. The maximum absolute atomic E-state index is 13.0. The molecule has 6 heteroatoms. The van der Waals surface area contributed by atoms with Crippen LogP contribution in [0.1, 0.15) is 0 Å². The number of halogens is 1. The molecule has 1 amide bonds. The van der Waals surface area contributed by atoms with Gasteiger partial charge in [-0.2, -0.15) is 0 Å². The van der Waals surface area contributed by atoms with Gasteiger partial charge < -0.3 is 4.90 Å². The van der Waals surface area contributed by atoms with Gasteiger partial charge in [-0.15, -0.1) is 0 Å². The van der Waals surface area contributed by atoms with Crippen molar-refractivity contribution in [2.75, 3.05) is 11.9 Å². The highest BCUT2D eigenvalue weighted by molar-refractivity contribution is 8.27. The van der Waals surface area contributed by atoms with Crippen molar-refractivity contribution in [1.82, 2.24) is 4.90 Å². The lowest BCUT2D eigenvalue weighted by molar-refractivity contribution is -0.113. The molecule has 3 nitrogen and oxygen atoms in total. The molecule has 2 aliphatic rings. The maximum atomic E-state index is 13.0. The monoisotopic (exact) mass is 318 g/mol. The van der Waals surface area contributed by atoms with Gasteiger partial charge in [-0.3, -0.25) is 9.69 Å². The third-order valence-corrected chi connectivity index (χ3v) is 4.52. The van der Waals surface area contributed by atoms with Gasteiger partial charge in [-0.1, -0.05) is 30.1 Å². The molecule has 0 unspecified atom stereocenters. The van der Waals surface area contributed by atoms with Crippen LogP contribution in [0.5, 0.6) is 0 Å². The fraction of sp³-hybridized carbons (Fsp3) is 0.0667. The largest absolute Gasteiger partial charge is 0.350 e. The Kier molecular flexibility index (Phi) is 3.65. The molecule has 2 aliphatic heterocycles. The first-order valence-corrected chi connectivity index (χ1v) is 7.44. The molecule has 1 fully saturated rings. The number of benzene rings is 1. The van der Waals surface area contributed by atoms with Crippen LogP contribution in [0.2, 0.25) is 0 Å². The summed E-state index contributed by atoms with van der Waals surface area (Å²) in [5, 5.41) is 0. The van der Waals surface area contributed by atoms with Crippen LogP contribution in [0, 0.1) is 5.82 Å². The van der Waals surface area contributed by atoms with E-state index in [2.05, 4.69) is 0 Å². The molecule has 0 atom stereocenters. The van der Waals surface area contributed by atoms with Gasteiger partial charge in [-0.05, 0) is 36.4 Å². The third kappa shape index (κ3) is 2.52. The van der Waals surface area contributed by atoms with Gasteiger partial charge in [0.05, 0.1) is 11.4 Å². The smallest absolute Gasteiger partial charge is 0.272 e. The van der Waals surface area contributed by atoms with Crippen LogP contribution in [0.4, 0.5) is 10.1 Å². The van der Waals surface area contributed by atoms with Gasteiger partial charge in [0.1, 0.15) is 10.7 Å². The van der Waals surface area contributed by atoms with Gasteiger partial charge >= 0.3 is 0 Å². The number of carbonyl (C=O) groups is 1. The topological polar surface area (TPSA) is 23.6 Å². The Labute approximate surface area is 131 Å². The zero-order chi connectivity index (χ0) is 15.0. The predicted molar refractivity (Wildman–Crippen MR) is 87.1 cm³/mol. The SMILES string of the molecule is CN1C=CC=CC1=C1SC(=S)N(c2ccc(F)cc2)C1=O. The standard InChI is InChI=1S/C15H11FN2OS2/c1-17-9-3-2-4-12(17)13-14(19)18(15(20)21-13)11-7-5-10(16)6-8-11/h2-9H,1H3. The van der Waals surface area contributed by atoms with E-state index in [4.69, 9.17) is 12.2 Å². The average molecular weight is 318 g/mol. The van der Waals surface area contributed by atoms with Gasteiger partial charge in [0.15, 0.2) is 4.32 Å². The molecule has 0 aliphatic carbocycles. The maximum Gasteiger partial charge on any atom is 0.272 e. The quantitative estimate of drug-likeness (QED) is 0.585. The Morgan fingerprint density at radius 2 is 1.90 bits per heavy atom. The molecular formula is C15H11FN2OS2. The van der Waals surface area contributed by atoms with Crippen LogP contribution >= 0.6 is 24.0 Å². The number of carbonyl (C=O) groups excluding carboxylic acids is 1. The van der Waals surface area contributed by atoms with Crippen molar-refractivity contribution in [3.63, 3.8) is 0 Å². The Morgan fingerprint density at radius 3 is 2.57 bits per heavy atom. The molecule has 1 aromatic rings. The first-order chi connectivity index (χ1) is 10.1. The summed E-state index contributed by atoms with van der Waals surface area (Å²) >= 11 is 6.55. The lowest BCUT2D eigenvalue weighted by Gasteiger charge is -2.19. The highest BCUT2D eigenvalue weighted by atomic mass is 32.2. The van der Waals surface area contributed by atoms with E-state index >= 15 is 0 Å². The van der Waals surface area contributed by atoms with Crippen molar-refractivity contribution in [2.24, 2.45) is 0 Å². The lowest BCUT2D eigenvalue weighted by atomic mass is 10.2. The molecule has 0 bridgehead atoms. The number of hydrogen-bond acceptors (Lipinski definition) is 4. The Hall–Kier alpha value is -1.92. The second-order valence-electron chi connectivity index (χ2n) is 4.51. The first kappa shape index (κ1) is 14.0. The molecule has 3 rings (SSSR count). The predicted octanol–water partition coefficient (Wildman–Crippen LogP) is 3.42. The lowest BCUT2D eigenvalue weighted by Crippen LogP contribution is -2.28. The second-order valence-corrected chi connectivity index (χ2v) is 6.16. The summed E-state index contributed by atoms with van der Waals surface area (Å²) in [7, 11) is 1.87. The summed E-state index contributed by atoms with van der Waals surface area (Å²) in [4.78, 5) is 16.5. The van der Waals surface area contributed by atoms with E-state index in [1.54, 1.807) is 12.1 Å². The number of nitrogens with zero attached hydrogens (tertiary/aromatic N) is 2. The molecule has 0 spiro atoms. The molecule has 21 heavy (non-hydrogen) atoms. The van der Waals surface area contributed by atoms with E-state index in [9.17, 15) is 9.18 Å². The summed E-state index contributed by atoms with van der Waals surface area (Å²) in [5.41, 5.74) is 1.38. The minimum Gasteiger partial charge on any atom is -0.350 e. The van der Waals surface area contributed by atoms with E-state index in [1.807, 2.05) is 36.4 Å². The molecule has 0 N–H and O–H groups in total. The molecule has 2 heterocycles. The molecule has 1 saturated heterocycles. The Balaban J connectivity index is 2.00. The van der Waals surface area contributed by atoms with Crippen LogP contribution in [0.15, 0.2) is 59.3 Å². The van der Waals surface area contributed by atoms with Crippen LogP contribution in [-0.2, 0) is 4.79 Å². The number of anilines is 1. The van der Waals surface area contributed by atoms with Crippen molar-refractivity contribution < 1.29 is 9.18 Å². The van der Waals surface area contributed by atoms with Crippen molar-refractivity contribution >= 4 is 39.9 Å². The fourth-order valence-corrected chi connectivity index (χ4v) is 3.48. The van der Waals surface area contributed by atoms with E-state index in [0.29, 0.717) is 14.9 Å². The molecule has 106 valence electrons. The molecular weight excluding hydrogens is 307 g/mol. The number of thiocarbonyl (C=S) groups is 1. The summed E-state index contributed by atoms with van der Waals surface area (Å²) in [6.07, 6.45) is 7.51. The zero-order valence-electron chi connectivity index (χ0n) is 11.1. The first-order valence-electron chi connectivity index (χ1n) is 6.22. The number of rotatable bonds is 1. The van der Waals surface area contributed by atoms with E-state index in [1.165, 1.54) is 28.8 Å². The van der Waals surface area contributed by atoms with Crippen molar-refractivity contribution in [3.05, 3.63) is 65.1 Å². The van der Waals surface area contributed by atoms with E-state index in [-0.39, 0.29) is 11.7 Å². The van der Waals surface area contributed by atoms with Gasteiger partial charge in [0, 0.05) is 13.2 Å². The Morgan fingerprint density at radius 1 is 1.19 bits per heavy atom. The van der Waals surface area contributed by atoms with E-state index < -0.39 is 0 Å². The summed E-state index contributed by atoms with van der Waals surface area (Å²) in [6.45, 7) is 0. The number of allylic oxidation sites excluding steroid dienone is 3. The number of amides is 1. The van der Waals surface area contributed by atoms with Crippen molar-refractivity contribution in [2.45, 2.75) is 0 Å². The average Bonchev–Trinajstić information content (AvgIpc) is 2.76. The fourth-order valence-electron chi connectivity index (χ4n) is 2.09. The highest BCUT2D eigenvalue weighted by Gasteiger charge is 2.35. The van der Waals surface area contributed by atoms with Crippen LogP contribution in [-0.4, -0.2) is 22.2 Å². The summed E-state index contributed by atoms with van der Waals surface area (Å²) in [5.74, 6) is -0.527. The van der Waals surface area contributed by atoms with Gasteiger partial charge in [0.2, 0.25) is 0 Å². The normalized spacial score (nSPS) is 21.6. The Bertz CT molecular complexity index is 707. The van der Waals surface area contributed by atoms with Gasteiger partial charge in [-0.25, -0.2) is 4.39 Å². The molecule has 0 saturated carbocycles. The molecule has 0 radical (unpaired) electrons. The van der Waals surface area contributed by atoms with Crippen LogP contribution < -0.4 is 4.90 Å². The molecule has 1 aromatic carbocycles. The van der Waals surface area contributed by atoms with Crippen molar-refractivity contribution in [1.29, 1.82) is 0 Å². The number of hydrogen-bond donors (Lipinski definition) is 0. The zero-order valence-corrected chi connectivity index (χ0v) is 12.7. The second kappa shape index (κ2) is 5.46.